The van der Waals surface area contributed by atoms with Gasteiger partial charge >= 0.3 is 5.97 Å². The second kappa shape index (κ2) is 6.89. The van der Waals surface area contributed by atoms with Gasteiger partial charge in [0.05, 0.1) is 19.9 Å². The van der Waals surface area contributed by atoms with Crippen LogP contribution in [0.2, 0.25) is 0 Å². The molecule has 0 fully saturated rings. The van der Waals surface area contributed by atoms with E-state index in [4.69, 9.17) is 4.74 Å². The number of ether oxygens (including phenoxy) is 2. The van der Waals surface area contributed by atoms with Crippen LogP contribution in [0.15, 0.2) is 35.1 Å². The predicted octanol–water partition coefficient (Wildman–Crippen LogP) is 2.12. The Labute approximate surface area is 128 Å². The van der Waals surface area contributed by atoms with E-state index < -0.39 is 11.5 Å². The van der Waals surface area contributed by atoms with Gasteiger partial charge in [-0.2, -0.15) is 5.10 Å². The van der Waals surface area contributed by atoms with Crippen molar-refractivity contribution in [1.82, 2.24) is 9.78 Å². The number of aromatic nitrogens is 2. The van der Waals surface area contributed by atoms with E-state index >= 15 is 0 Å². The highest BCUT2D eigenvalue weighted by Crippen LogP contribution is 2.20. The van der Waals surface area contributed by atoms with Gasteiger partial charge in [0.25, 0.3) is 5.56 Å². The Bertz CT molecular complexity index is 720. The summed E-state index contributed by atoms with van der Waals surface area (Å²) in [7, 11) is 2.84. The topological polar surface area (TPSA) is 70.4 Å². The normalized spacial score (nSPS) is 10.3. The van der Waals surface area contributed by atoms with Crippen LogP contribution in [-0.2, 0) is 11.3 Å². The third kappa shape index (κ3) is 3.16. The Kier molecular flexibility index (Phi) is 4.93. The van der Waals surface area contributed by atoms with Gasteiger partial charge in [-0.15, -0.1) is 0 Å². The average molecular weight is 302 g/mol. The number of methoxy groups -OCH3 is 2. The van der Waals surface area contributed by atoms with E-state index in [-0.39, 0.29) is 5.56 Å². The van der Waals surface area contributed by atoms with Crippen molar-refractivity contribution in [3.63, 3.8) is 0 Å². The van der Waals surface area contributed by atoms with Crippen LogP contribution >= 0.6 is 0 Å². The zero-order valence-corrected chi connectivity index (χ0v) is 12.8. The average Bonchev–Trinajstić information content (AvgIpc) is 2.56. The molecule has 0 bridgehead atoms. The third-order valence-corrected chi connectivity index (χ3v) is 3.20. The van der Waals surface area contributed by atoms with E-state index in [1.165, 1.54) is 17.9 Å². The second-order valence-electron chi connectivity index (χ2n) is 4.69. The van der Waals surface area contributed by atoms with Crippen molar-refractivity contribution in [2.24, 2.45) is 0 Å². The first-order valence-corrected chi connectivity index (χ1v) is 6.95. The van der Waals surface area contributed by atoms with Crippen LogP contribution in [0.1, 0.15) is 23.7 Å². The number of carbonyl (C=O) groups excluding carboxylic acids is 1. The first kappa shape index (κ1) is 15.8. The fourth-order valence-electron chi connectivity index (χ4n) is 2.06. The molecule has 6 nitrogen and oxygen atoms in total. The molecule has 0 aliphatic rings. The minimum Gasteiger partial charge on any atom is -0.497 e. The number of aryl methyl sites for hydroxylation is 1. The van der Waals surface area contributed by atoms with Crippen LogP contribution in [0.25, 0.3) is 11.3 Å². The van der Waals surface area contributed by atoms with Crippen molar-refractivity contribution in [3.05, 3.63) is 46.2 Å². The van der Waals surface area contributed by atoms with Gasteiger partial charge < -0.3 is 9.47 Å². The summed E-state index contributed by atoms with van der Waals surface area (Å²) in [5, 5.41) is 4.32. The van der Waals surface area contributed by atoms with Crippen molar-refractivity contribution >= 4 is 5.97 Å². The lowest BCUT2D eigenvalue weighted by Gasteiger charge is -2.09. The lowest BCUT2D eigenvalue weighted by Crippen LogP contribution is -2.29. The molecule has 2 rings (SSSR count). The quantitative estimate of drug-likeness (QED) is 0.791. The molecule has 2 aromatic rings. The summed E-state index contributed by atoms with van der Waals surface area (Å²) in [6.07, 6.45) is 0.736. The predicted molar refractivity (Wildman–Crippen MR) is 82.1 cm³/mol. The number of nitrogens with zero attached hydrogens (tertiary/aromatic N) is 2. The Balaban J connectivity index is 2.56. The molecular formula is C16H18N2O4. The Morgan fingerprint density at radius 3 is 2.45 bits per heavy atom. The molecule has 0 spiro atoms. The van der Waals surface area contributed by atoms with Gasteiger partial charge in [0.15, 0.2) is 0 Å². The van der Waals surface area contributed by atoms with Gasteiger partial charge in [-0.25, -0.2) is 9.48 Å². The number of rotatable bonds is 5. The van der Waals surface area contributed by atoms with Gasteiger partial charge in [0.1, 0.15) is 11.3 Å². The second-order valence-corrected chi connectivity index (χ2v) is 4.69. The number of hydrogen-bond donors (Lipinski definition) is 0. The molecule has 0 aliphatic carbocycles. The maximum absolute atomic E-state index is 12.2. The molecule has 0 unspecified atom stereocenters. The maximum Gasteiger partial charge on any atom is 0.343 e. The number of hydrogen-bond acceptors (Lipinski definition) is 5. The molecule has 0 atom stereocenters. The summed E-state index contributed by atoms with van der Waals surface area (Å²) < 4.78 is 11.1. The molecule has 1 aromatic carbocycles. The fourth-order valence-corrected chi connectivity index (χ4v) is 2.06. The summed E-state index contributed by atoms with van der Waals surface area (Å²) >= 11 is 0. The van der Waals surface area contributed by atoms with Crippen LogP contribution in [-0.4, -0.2) is 30.0 Å². The largest absolute Gasteiger partial charge is 0.497 e. The molecule has 0 amide bonds. The lowest BCUT2D eigenvalue weighted by molar-refractivity contribution is 0.0597. The minimum absolute atomic E-state index is 0.0169. The van der Waals surface area contributed by atoms with Crippen LogP contribution < -0.4 is 10.3 Å². The Hall–Kier alpha value is -2.63. The molecule has 6 heteroatoms. The molecule has 116 valence electrons. The van der Waals surface area contributed by atoms with Gasteiger partial charge in [-0.1, -0.05) is 6.92 Å². The first-order valence-electron chi connectivity index (χ1n) is 6.95. The lowest BCUT2D eigenvalue weighted by atomic mass is 10.1. The Morgan fingerprint density at radius 2 is 1.91 bits per heavy atom. The van der Waals surface area contributed by atoms with E-state index in [9.17, 15) is 9.59 Å². The van der Waals surface area contributed by atoms with Crippen molar-refractivity contribution in [3.8, 4) is 17.0 Å². The third-order valence-electron chi connectivity index (χ3n) is 3.20. The van der Waals surface area contributed by atoms with E-state index in [2.05, 4.69) is 9.84 Å². The molecule has 0 saturated carbocycles. The van der Waals surface area contributed by atoms with Crippen LogP contribution in [0.4, 0.5) is 0 Å². The van der Waals surface area contributed by atoms with E-state index in [0.717, 1.165) is 17.7 Å². The first-order chi connectivity index (χ1) is 10.6. The highest BCUT2D eigenvalue weighted by molar-refractivity contribution is 5.90. The van der Waals surface area contributed by atoms with Crippen molar-refractivity contribution in [1.29, 1.82) is 0 Å². The van der Waals surface area contributed by atoms with E-state index in [1.807, 2.05) is 19.1 Å². The van der Waals surface area contributed by atoms with Gasteiger partial charge in [0.2, 0.25) is 0 Å². The van der Waals surface area contributed by atoms with Crippen molar-refractivity contribution < 1.29 is 14.3 Å². The maximum atomic E-state index is 12.2. The molecule has 1 aromatic heterocycles. The van der Waals surface area contributed by atoms with Gasteiger partial charge in [0, 0.05) is 12.1 Å². The molecule has 0 radical (unpaired) electrons. The molecule has 22 heavy (non-hydrogen) atoms. The molecule has 1 heterocycles. The zero-order valence-electron chi connectivity index (χ0n) is 12.8. The number of carbonyl (C=O) groups is 1. The van der Waals surface area contributed by atoms with Crippen LogP contribution in [0.5, 0.6) is 5.75 Å². The SMILES string of the molecule is CCCn1nc(-c2ccc(OC)cc2)cc(C(=O)OC)c1=O. The smallest absolute Gasteiger partial charge is 0.343 e. The van der Waals surface area contributed by atoms with Crippen LogP contribution in [0, 0.1) is 0 Å². The number of benzene rings is 1. The summed E-state index contributed by atoms with van der Waals surface area (Å²) in [5.41, 5.74) is 0.870. The summed E-state index contributed by atoms with van der Waals surface area (Å²) in [4.78, 5) is 24.0. The Morgan fingerprint density at radius 1 is 1.23 bits per heavy atom. The minimum atomic E-state index is -0.660. The van der Waals surface area contributed by atoms with Gasteiger partial charge in [-0.3, -0.25) is 4.79 Å². The number of esters is 1. The van der Waals surface area contributed by atoms with Gasteiger partial charge in [-0.05, 0) is 36.8 Å². The highest BCUT2D eigenvalue weighted by atomic mass is 16.5. The summed E-state index contributed by atoms with van der Waals surface area (Å²) in [6, 6.07) is 8.70. The standard InChI is InChI=1S/C16H18N2O4/c1-4-9-18-15(19)13(16(20)22-3)10-14(17-18)11-5-7-12(21-2)8-6-11/h5-8,10H,4,9H2,1-3H3. The molecule has 0 N–H and O–H groups in total. The van der Waals surface area contributed by atoms with E-state index in [0.29, 0.717) is 12.2 Å². The fraction of sp³-hybridized carbons (Fsp3) is 0.312. The molecular weight excluding hydrogens is 284 g/mol. The monoisotopic (exact) mass is 302 g/mol. The zero-order chi connectivity index (χ0) is 16.1. The highest BCUT2D eigenvalue weighted by Gasteiger charge is 2.16. The summed E-state index contributed by atoms with van der Waals surface area (Å²) in [6.45, 7) is 2.37. The van der Waals surface area contributed by atoms with Crippen LogP contribution in [0.3, 0.4) is 0 Å². The van der Waals surface area contributed by atoms with Crippen molar-refractivity contribution in [2.75, 3.05) is 14.2 Å². The van der Waals surface area contributed by atoms with E-state index in [1.54, 1.807) is 19.2 Å². The van der Waals surface area contributed by atoms with Crippen molar-refractivity contribution in [2.45, 2.75) is 19.9 Å². The summed E-state index contributed by atoms with van der Waals surface area (Å²) in [5.74, 6) is 0.0610. The molecule has 0 aliphatic heterocycles. The molecule has 0 saturated heterocycles.